The van der Waals surface area contributed by atoms with E-state index in [4.69, 9.17) is 11.6 Å². The summed E-state index contributed by atoms with van der Waals surface area (Å²) in [5.41, 5.74) is 0.647. The fourth-order valence-corrected chi connectivity index (χ4v) is 2.25. The van der Waals surface area contributed by atoms with Crippen LogP contribution >= 0.6 is 27.5 Å². The molecule has 0 saturated heterocycles. The SMILES string of the molecule is CCCCN(C)CC(=O)Nc1ccc(Br)cc1Cl. The van der Waals surface area contributed by atoms with E-state index in [2.05, 4.69) is 28.2 Å². The first-order valence-electron chi connectivity index (χ1n) is 5.96. The minimum absolute atomic E-state index is 0.0437. The number of unbranched alkanes of at least 4 members (excludes halogenated alkanes) is 1. The van der Waals surface area contributed by atoms with Gasteiger partial charge in [0.05, 0.1) is 17.3 Å². The maximum Gasteiger partial charge on any atom is 0.238 e. The summed E-state index contributed by atoms with van der Waals surface area (Å²) in [7, 11) is 1.94. The topological polar surface area (TPSA) is 32.3 Å². The highest BCUT2D eigenvalue weighted by Crippen LogP contribution is 2.25. The number of benzene rings is 1. The van der Waals surface area contributed by atoms with Crippen LogP contribution in [0.1, 0.15) is 19.8 Å². The van der Waals surface area contributed by atoms with Crippen LogP contribution in [0.4, 0.5) is 5.69 Å². The third-order valence-electron chi connectivity index (χ3n) is 2.51. The Labute approximate surface area is 122 Å². The molecular formula is C13H18BrClN2O. The molecule has 0 heterocycles. The molecule has 0 bridgehead atoms. The quantitative estimate of drug-likeness (QED) is 0.859. The molecule has 0 aliphatic rings. The van der Waals surface area contributed by atoms with Crippen molar-refractivity contribution >= 4 is 39.1 Å². The Morgan fingerprint density at radius 3 is 2.83 bits per heavy atom. The van der Waals surface area contributed by atoms with Gasteiger partial charge >= 0.3 is 0 Å². The minimum Gasteiger partial charge on any atom is -0.324 e. The lowest BCUT2D eigenvalue weighted by molar-refractivity contribution is -0.117. The van der Waals surface area contributed by atoms with E-state index in [1.54, 1.807) is 12.1 Å². The zero-order chi connectivity index (χ0) is 13.5. The van der Waals surface area contributed by atoms with E-state index in [0.29, 0.717) is 17.3 Å². The van der Waals surface area contributed by atoms with Crippen molar-refractivity contribution in [3.05, 3.63) is 27.7 Å². The highest BCUT2D eigenvalue weighted by molar-refractivity contribution is 9.10. The fourth-order valence-electron chi connectivity index (χ4n) is 1.53. The smallest absolute Gasteiger partial charge is 0.238 e. The van der Waals surface area contributed by atoms with E-state index in [0.717, 1.165) is 23.9 Å². The van der Waals surface area contributed by atoms with Crippen molar-refractivity contribution in [1.82, 2.24) is 4.90 Å². The molecule has 0 aliphatic carbocycles. The summed E-state index contributed by atoms with van der Waals surface area (Å²) in [4.78, 5) is 13.8. The van der Waals surface area contributed by atoms with Gasteiger partial charge in [-0.3, -0.25) is 9.69 Å². The second-order valence-corrected chi connectivity index (χ2v) is 5.59. The maximum atomic E-state index is 11.8. The number of carbonyl (C=O) groups is 1. The predicted octanol–water partition coefficient (Wildman–Crippen LogP) is 3.77. The van der Waals surface area contributed by atoms with Gasteiger partial charge in [-0.2, -0.15) is 0 Å². The summed E-state index contributed by atoms with van der Waals surface area (Å²) in [5, 5.41) is 3.35. The Hall–Kier alpha value is -0.580. The molecule has 0 radical (unpaired) electrons. The monoisotopic (exact) mass is 332 g/mol. The zero-order valence-corrected chi connectivity index (χ0v) is 13.0. The molecule has 0 atom stereocenters. The van der Waals surface area contributed by atoms with Crippen molar-refractivity contribution in [3.63, 3.8) is 0 Å². The third-order valence-corrected chi connectivity index (χ3v) is 3.32. The molecule has 0 aromatic heterocycles. The molecule has 0 fully saturated rings. The fraction of sp³-hybridized carbons (Fsp3) is 0.462. The molecule has 0 saturated carbocycles. The van der Waals surface area contributed by atoms with E-state index in [9.17, 15) is 4.79 Å². The second kappa shape index (κ2) is 7.77. The first kappa shape index (κ1) is 15.5. The number of amides is 1. The number of carbonyl (C=O) groups excluding carboxylic acids is 1. The Morgan fingerprint density at radius 2 is 2.22 bits per heavy atom. The lowest BCUT2D eigenvalue weighted by Gasteiger charge is -2.16. The molecule has 3 nitrogen and oxygen atoms in total. The van der Waals surface area contributed by atoms with Gasteiger partial charge in [-0.25, -0.2) is 0 Å². The maximum absolute atomic E-state index is 11.8. The molecular weight excluding hydrogens is 316 g/mol. The average Bonchev–Trinajstić information content (AvgIpc) is 2.30. The number of halogens is 2. The molecule has 1 N–H and O–H groups in total. The van der Waals surface area contributed by atoms with Gasteiger partial charge in [-0.15, -0.1) is 0 Å². The van der Waals surface area contributed by atoms with Crippen molar-refractivity contribution in [1.29, 1.82) is 0 Å². The van der Waals surface area contributed by atoms with E-state index in [1.807, 2.05) is 18.0 Å². The summed E-state index contributed by atoms with van der Waals surface area (Å²) < 4.78 is 0.894. The highest BCUT2D eigenvalue weighted by atomic mass is 79.9. The molecule has 1 rings (SSSR count). The van der Waals surface area contributed by atoms with Crippen LogP contribution in [0, 0.1) is 0 Å². The van der Waals surface area contributed by atoms with Gasteiger partial charge in [-0.1, -0.05) is 40.9 Å². The summed E-state index contributed by atoms with van der Waals surface area (Å²) >= 11 is 9.36. The van der Waals surface area contributed by atoms with Gasteiger partial charge in [-0.05, 0) is 38.2 Å². The number of nitrogens with zero attached hydrogens (tertiary/aromatic N) is 1. The Morgan fingerprint density at radius 1 is 1.50 bits per heavy atom. The number of nitrogens with one attached hydrogen (secondary N) is 1. The number of hydrogen-bond donors (Lipinski definition) is 1. The van der Waals surface area contributed by atoms with Gasteiger partial charge < -0.3 is 5.32 Å². The lowest BCUT2D eigenvalue weighted by Crippen LogP contribution is -2.30. The van der Waals surface area contributed by atoms with E-state index < -0.39 is 0 Å². The third kappa shape index (κ3) is 5.38. The highest BCUT2D eigenvalue weighted by Gasteiger charge is 2.08. The summed E-state index contributed by atoms with van der Waals surface area (Å²) in [6.45, 7) is 3.44. The summed E-state index contributed by atoms with van der Waals surface area (Å²) in [6.07, 6.45) is 2.23. The van der Waals surface area contributed by atoms with Crippen LogP contribution in [0.15, 0.2) is 22.7 Å². The van der Waals surface area contributed by atoms with Gasteiger partial charge in [0, 0.05) is 4.47 Å². The summed E-state index contributed by atoms with van der Waals surface area (Å²) in [5.74, 6) is -0.0437. The van der Waals surface area contributed by atoms with Crippen molar-refractivity contribution in [2.45, 2.75) is 19.8 Å². The first-order chi connectivity index (χ1) is 8.52. The van der Waals surface area contributed by atoms with Gasteiger partial charge in [0.25, 0.3) is 0 Å². The van der Waals surface area contributed by atoms with Crippen LogP contribution in [0.3, 0.4) is 0 Å². The second-order valence-electron chi connectivity index (χ2n) is 4.26. The van der Waals surface area contributed by atoms with Crippen molar-refractivity contribution in [2.24, 2.45) is 0 Å². The van der Waals surface area contributed by atoms with Gasteiger partial charge in [0.15, 0.2) is 0 Å². The predicted molar refractivity (Wildman–Crippen MR) is 80.2 cm³/mol. The standard InChI is InChI=1S/C13H18BrClN2O/c1-3-4-7-17(2)9-13(18)16-12-6-5-10(14)8-11(12)15/h5-6,8H,3-4,7,9H2,1-2H3,(H,16,18). The number of anilines is 1. The van der Waals surface area contributed by atoms with E-state index >= 15 is 0 Å². The van der Waals surface area contributed by atoms with Crippen molar-refractivity contribution in [3.8, 4) is 0 Å². The summed E-state index contributed by atoms with van der Waals surface area (Å²) in [6, 6.07) is 5.40. The van der Waals surface area contributed by atoms with Crippen LogP contribution in [0.25, 0.3) is 0 Å². The van der Waals surface area contributed by atoms with Crippen LogP contribution in [0.5, 0.6) is 0 Å². The molecule has 100 valence electrons. The van der Waals surface area contributed by atoms with E-state index in [1.165, 1.54) is 0 Å². The Balaban J connectivity index is 2.49. The number of hydrogen-bond acceptors (Lipinski definition) is 2. The number of rotatable bonds is 6. The lowest BCUT2D eigenvalue weighted by atomic mass is 10.3. The van der Waals surface area contributed by atoms with Crippen LogP contribution < -0.4 is 5.32 Å². The van der Waals surface area contributed by atoms with Gasteiger partial charge in [0.2, 0.25) is 5.91 Å². The molecule has 1 amide bonds. The van der Waals surface area contributed by atoms with Crippen LogP contribution in [0.2, 0.25) is 5.02 Å². The van der Waals surface area contributed by atoms with Crippen molar-refractivity contribution < 1.29 is 4.79 Å². The first-order valence-corrected chi connectivity index (χ1v) is 7.13. The molecule has 0 aliphatic heterocycles. The van der Waals surface area contributed by atoms with Crippen molar-refractivity contribution in [2.75, 3.05) is 25.5 Å². The van der Waals surface area contributed by atoms with E-state index in [-0.39, 0.29) is 5.91 Å². The number of likely N-dealkylation sites (N-methyl/N-ethyl adjacent to an activating group) is 1. The molecule has 18 heavy (non-hydrogen) atoms. The van der Waals surface area contributed by atoms with Crippen LogP contribution in [-0.2, 0) is 4.79 Å². The Bertz CT molecular complexity index is 412. The minimum atomic E-state index is -0.0437. The largest absolute Gasteiger partial charge is 0.324 e. The average molecular weight is 334 g/mol. The molecule has 0 spiro atoms. The zero-order valence-electron chi connectivity index (χ0n) is 10.7. The molecule has 0 unspecified atom stereocenters. The van der Waals surface area contributed by atoms with Crippen LogP contribution in [-0.4, -0.2) is 30.9 Å². The molecule has 1 aromatic rings. The Kier molecular flexibility index (Phi) is 6.68. The normalized spacial score (nSPS) is 10.7. The molecule has 5 heteroatoms. The molecule has 1 aromatic carbocycles. The van der Waals surface area contributed by atoms with Gasteiger partial charge in [0.1, 0.15) is 0 Å².